The van der Waals surface area contributed by atoms with Crippen molar-refractivity contribution in [2.75, 3.05) is 31.1 Å². The number of pyridine rings is 1. The van der Waals surface area contributed by atoms with Gasteiger partial charge in [-0.3, -0.25) is 4.90 Å². The Morgan fingerprint density at radius 2 is 1.21 bits per heavy atom. The molecule has 0 unspecified atom stereocenters. The summed E-state index contributed by atoms with van der Waals surface area (Å²) in [5.41, 5.74) is 1.90. The monoisotopic (exact) mass is 383 g/mol. The second-order valence-electron chi connectivity index (χ2n) is 6.85. The van der Waals surface area contributed by atoms with Crippen molar-refractivity contribution in [2.24, 2.45) is 0 Å². The van der Waals surface area contributed by atoms with E-state index >= 15 is 0 Å². The van der Waals surface area contributed by atoms with Gasteiger partial charge in [0.25, 0.3) is 0 Å². The first-order chi connectivity index (χ1) is 13.6. The molecule has 6 heteroatoms. The van der Waals surface area contributed by atoms with Crippen LogP contribution in [-0.4, -0.2) is 36.1 Å². The molecule has 0 radical (unpaired) electrons. The highest BCUT2D eigenvalue weighted by Crippen LogP contribution is 2.30. The van der Waals surface area contributed by atoms with Crippen LogP contribution in [0.3, 0.4) is 0 Å². The van der Waals surface area contributed by atoms with E-state index in [9.17, 15) is 13.2 Å². The lowest BCUT2D eigenvalue weighted by Crippen LogP contribution is -2.48. The van der Waals surface area contributed by atoms with Crippen LogP contribution in [0.25, 0.3) is 0 Å². The van der Waals surface area contributed by atoms with E-state index in [4.69, 9.17) is 0 Å². The fourth-order valence-electron chi connectivity index (χ4n) is 3.69. The molecule has 0 bridgehead atoms. The van der Waals surface area contributed by atoms with E-state index in [1.54, 1.807) is 36.4 Å². The van der Waals surface area contributed by atoms with E-state index in [-0.39, 0.29) is 17.7 Å². The SMILES string of the molecule is Fc1ccc(C(c2ccc(F)cc2)N2CCN(c3cccc(F)n3)CC2)cc1. The number of nitrogens with zero attached hydrogens (tertiary/aromatic N) is 3. The van der Waals surface area contributed by atoms with E-state index in [0.29, 0.717) is 18.9 Å². The van der Waals surface area contributed by atoms with Crippen LogP contribution in [0.15, 0.2) is 66.7 Å². The summed E-state index contributed by atoms with van der Waals surface area (Å²) in [6.07, 6.45) is 0. The molecule has 1 saturated heterocycles. The van der Waals surface area contributed by atoms with E-state index < -0.39 is 5.95 Å². The summed E-state index contributed by atoms with van der Waals surface area (Å²) in [6, 6.07) is 17.5. The maximum absolute atomic E-state index is 13.4. The summed E-state index contributed by atoms with van der Waals surface area (Å²) >= 11 is 0. The van der Waals surface area contributed by atoms with Crippen molar-refractivity contribution in [1.82, 2.24) is 9.88 Å². The highest BCUT2D eigenvalue weighted by molar-refractivity contribution is 5.39. The lowest BCUT2D eigenvalue weighted by Gasteiger charge is -2.40. The van der Waals surface area contributed by atoms with Gasteiger partial charge in [0, 0.05) is 26.2 Å². The first kappa shape index (κ1) is 18.5. The highest BCUT2D eigenvalue weighted by Gasteiger charge is 2.27. The molecule has 28 heavy (non-hydrogen) atoms. The van der Waals surface area contributed by atoms with Crippen LogP contribution in [0.2, 0.25) is 0 Å². The molecule has 0 saturated carbocycles. The lowest BCUT2D eigenvalue weighted by atomic mass is 9.96. The molecule has 144 valence electrons. The second kappa shape index (κ2) is 8.02. The standard InChI is InChI=1S/C22H20F3N3/c23-18-8-4-16(5-9-18)22(17-6-10-19(24)11-7-17)28-14-12-27(13-15-28)21-3-1-2-20(25)26-21/h1-11,22H,12-15H2. The number of halogens is 3. The van der Waals surface area contributed by atoms with Crippen LogP contribution in [0.4, 0.5) is 19.0 Å². The third-order valence-corrected chi connectivity index (χ3v) is 5.08. The largest absolute Gasteiger partial charge is 0.354 e. The van der Waals surface area contributed by atoms with Crippen molar-refractivity contribution in [2.45, 2.75) is 6.04 Å². The smallest absolute Gasteiger partial charge is 0.214 e. The molecule has 0 atom stereocenters. The summed E-state index contributed by atoms with van der Waals surface area (Å²) in [5, 5.41) is 0. The normalized spacial score (nSPS) is 15.2. The van der Waals surface area contributed by atoms with Gasteiger partial charge in [-0.15, -0.1) is 0 Å². The molecule has 3 aromatic rings. The van der Waals surface area contributed by atoms with Crippen LogP contribution in [-0.2, 0) is 0 Å². The Morgan fingerprint density at radius 3 is 1.71 bits per heavy atom. The van der Waals surface area contributed by atoms with Crippen molar-refractivity contribution < 1.29 is 13.2 Å². The molecule has 1 aliphatic rings. The van der Waals surface area contributed by atoms with Gasteiger partial charge in [0.05, 0.1) is 6.04 Å². The Labute approximate surface area is 162 Å². The van der Waals surface area contributed by atoms with E-state index in [0.717, 1.165) is 24.2 Å². The van der Waals surface area contributed by atoms with Crippen LogP contribution in [0.5, 0.6) is 0 Å². The molecule has 0 aliphatic carbocycles. The van der Waals surface area contributed by atoms with E-state index in [2.05, 4.69) is 9.88 Å². The number of benzene rings is 2. The number of piperazine rings is 1. The molecule has 2 aromatic carbocycles. The zero-order chi connectivity index (χ0) is 19.5. The van der Waals surface area contributed by atoms with Crippen molar-refractivity contribution in [3.05, 3.63) is 95.4 Å². The van der Waals surface area contributed by atoms with Gasteiger partial charge < -0.3 is 4.90 Å². The minimum atomic E-state index is -0.490. The van der Waals surface area contributed by atoms with Crippen molar-refractivity contribution >= 4 is 5.82 Å². The molecule has 1 aliphatic heterocycles. The Morgan fingerprint density at radius 1 is 0.679 bits per heavy atom. The van der Waals surface area contributed by atoms with Gasteiger partial charge in [-0.2, -0.15) is 4.39 Å². The molecular formula is C22H20F3N3. The molecule has 0 spiro atoms. The maximum atomic E-state index is 13.4. The average Bonchev–Trinajstić information content (AvgIpc) is 2.72. The number of aromatic nitrogens is 1. The second-order valence-corrected chi connectivity index (χ2v) is 6.85. The molecule has 3 nitrogen and oxygen atoms in total. The maximum Gasteiger partial charge on any atom is 0.214 e. The van der Waals surface area contributed by atoms with Crippen LogP contribution >= 0.6 is 0 Å². The number of anilines is 1. The Bertz CT molecular complexity index is 875. The molecule has 1 aromatic heterocycles. The van der Waals surface area contributed by atoms with E-state index in [1.165, 1.54) is 30.3 Å². The molecule has 2 heterocycles. The van der Waals surface area contributed by atoms with Crippen molar-refractivity contribution in [3.63, 3.8) is 0 Å². The minimum absolute atomic E-state index is 0.108. The summed E-state index contributed by atoms with van der Waals surface area (Å²) in [5.74, 6) is -0.442. The first-order valence-corrected chi connectivity index (χ1v) is 9.22. The van der Waals surface area contributed by atoms with Crippen molar-refractivity contribution in [1.29, 1.82) is 0 Å². The molecule has 4 rings (SSSR count). The molecule has 0 N–H and O–H groups in total. The summed E-state index contributed by atoms with van der Waals surface area (Å²) < 4.78 is 40.2. The summed E-state index contributed by atoms with van der Waals surface area (Å²) in [4.78, 5) is 8.28. The molecule has 1 fully saturated rings. The third kappa shape index (κ3) is 4.02. The Hall–Kier alpha value is -2.86. The zero-order valence-electron chi connectivity index (χ0n) is 15.2. The fraction of sp³-hybridized carbons (Fsp3) is 0.227. The van der Waals surface area contributed by atoms with Crippen molar-refractivity contribution in [3.8, 4) is 0 Å². The third-order valence-electron chi connectivity index (χ3n) is 5.08. The number of rotatable bonds is 4. The Kier molecular flexibility index (Phi) is 5.30. The quantitative estimate of drug-likeness (QED) is 0.622. The number of hydrogen-bond acceptors (Lipinski definition) is 3. The van der Waals surface area contributed by atoms with Gasteiger partial charge >= 0.3 is 0 Å². The van der Waals surface area contributed by atoms with E-state index in [1.807, 2.05) is 4.90 Å². The first-order valence-electron chi connectivity index (χ1n) is 9.22. The van der Waals surface area contributed by atoms with Gasteiger partial charge in [0.1, 0.15) is 17.5 Å². The Balaban J connectivity index is 1.57. The lowest BCUT2D eigenvalue weighted by molar-refractivity contribution is 0.211. The summed E-state index contributed by atoms with van der Waals surface area (Å²) in [6.45, 7) is 2.82. The van der Waals surface area contributed by atoms with Crippen LogP contribution in [0.1, 0.15) is 17.2 Å². The van der Waals surface area contributed by atoms with Gasteiger partial charge in [-0.1, -0.05) is 30.3 Å². The van der Waals surface area contributed by atoms with Gasteiger partial charge in [0.15, 0.2) is 0 Å². The molecule has 0 amide bonds. The average molecular weight is 383 g/mol. The summed E-state index contributed by atoms with van der Waals surface area (Å²) in [7, 11) is 0. The zero-order valence-corrected chi connectivity index (χ0v) is 15.2. The number of hydrogen-bond donors (Lipinski definition) is 0. The predicted octanol–water partition coefficient (Wildman–Crippen LogP) is 4.41. The topological polar surface area (TPSA) is 19.4 Å². The van der Waals surface area contributed by atoms with Crippen LogP contribution in [0, 0.1) is 17.6 Å². The predicted molar refractivity (Wildman–Crippen MR) is 103 cm³/mol. The minimum Gasteiger partial charge on any atom is -0.354 e. The highest BCUT2D eigenvalue weighted by atomic mass is 19.1. The van der Waals surface area contributed by atoms with Gasteiger partial charge in [0.2, 0.25) is 5.95 Å². The van der Waals surface area contributed by atoms with Gasteiger partial charge in [-0.05, 0) is 47.5 Å². The molecular weight excluding hydrogens is 363 g/mol. The van der Waals surface area contributed by atoms with Crippen LogP contribution < -0.4 is 4.90 Å². The van der Waals surface area contributed by atoms with Gasteiger partial charge in [-0.25, -0.2) is 13.8 Å². The fourth-order valence-corrected chi connectivity index (χ4v) is 3.69.